The van der Waals surface area contributed by atoms with Crippen LogP contribution in [0.15, 0.2) is 18.3 Å². The van der Waals surface area contributed by atoms with Gasteiger partial charge < -0.3 is 0 Å². The van der Waals surface area contributed by atoms with Gasteiger partial charge in [0.2, 0.25) is 0 Å². The molecule has 14 heavy (non-hydrogen) atoms. The van der Waals surface area contributed by atoms with Crippen LogP contribution in [0.5, 0.6) is 0 Å². The van der Waals surface area contributed by atoms with Crippen molar-refractivity contribution in [2.24, 2.45) is 0 Å². The van der Waals surface area contributed by atoms with Crippen LogP contribution in [-0.2, 0) is 0 Å². The van der Waals surface area contributed by atoms with Gasteiger partial charge >= 0.3 is 0 Å². The van der Waals surface area contributed by atoms with Crippen LogP contribution < -0.4 is 0 Å². The number of nitro groups is 1. The Morgan fingerprint density at radius 1 is 1.64 bits per heavy atom. The van der Waals surface area contributed by atoms with Crippen LogP contribution in [0.3, 0.4) is 0 Å². The zero-order valence-electron chi connectivity index (χ0n) is 7.30. The molecule has 5 heteroatoms. The van der Waals surface area contributed by atoms with Crippen molar-refractivity contribution in [2.45, 2.75) is 6.42 Å². The highest BCUT2D eigenvalue weighted by atomic mass is 32.1. The third kappa shape index (κ3) is 3.07. The number of rotatable bonds is 2. The Hall–Kier alpha value is -1.54. The Morgan fingerprint density at radius 2 is 2.43 bits per heavy atom. The lowest BCUT2D eigenvalue weighted by Gasteiger charge is -1.90. The summed E-state index contributed by atoms with van der Waals surface area (Å²) in [5.41, 5.74) is 0.427. The highest BCUT2D eigenvalue weighted by Gasteiger charge is 2.04. The molecule has 0 aromatic carbocycles. The lowest BCUT2D eigenvalue weighted by Crippen LogP contribution is -1.90. The third-order valence-electron chi connectivity index (χ3n) is 1.41. The van der Waals surface area contributed by atoms with Gasteiger partial charge in [-0.05, 0) is 5.92 Å². The van der Waals surface area contributed by atoms with Gasteiger partial charge in [-0.1, -0.05) is 5.92 Å². The van der Waals surface area contributed by atoms with E-state index in [0.717, 1.165) is 0 Å². The minimum atomic E-state index is -0.467. The maximum absolute atomic E-state index is 10.4. The van der Waals surface area contributed by atoms with Gasteiger partial charge in [-0.3, -0.25) is 10.1 Å². The van der Waals surface area contributed by atoms with E-state index in [0.29, 0.717) is 17.9 Å². The fourth-order valence-corrected chi connectivity index (χ4v) is 0.922. The SMILES string of the molecule is O=[N+]([O-])c1ccnc(C#CCCS)c1. The Kier molecular flexibility index (Phi) is 3.95. The van der Waals surface area contributed by atoms with E-state index >= 15 is 0 Å². The van der Waals surface area contributed by atoms with Crippen LogP contribution in [-0.4, -0.2) is 15.7 Å². The zero-order valence-corrected chi connectivity index (χ0v) is 8.20. The molecule has 1 rings (SSSR count). The maximum atomic E-state index is 10.4. The number of pyridine rings is 1. The quantitative estimate of drug-likeness (QED) is 0.348. The molecule has 0 fully saturated rings. The summed E-state index contributed by atoms with van der Waals surface area (Å²) in [5, 5.41) is 10.4. The van der Waals surface area contributed by atoms with Gasteiger partial charge in [-0.15, -0.1) is 0 Å². The van der Waals surface area contributed by atoms with Gasteiger partial charge in [0.1, 0.15) is 5.69 Å². The van der Waals surface area contributed by atoms with Gasteiger partial charge in [0.25, 0.3) is 5.69 Å². The van der Waals surface area contributed by atoms with Crippen LogP contribution in [0.1, 0.15) is 12.1 Å². The molecule has 0 amide bonds. The Labute approximate surface area is 86.9 Å². The number of nitrogens with zero attached hydrogens (tertiary/aromatic N) is 2. The predicted molar refractivity (Wildman–Crippen MR) is 56.2 cm³/mol. The predicted octanol–water partition coefficient (Wildman–Crippen LogP) is 1.66. The molecule has 1 aromatic heterocycles. The van der Waals surface area contributed by atoms with Crippen LogP contribution in [0, 0.1) is 22.0 Å². The first kappa shape index (κ1) is 10.5. The fraction of sp³-hybridized carbons (Fsp3) is 0.222. The highest BCUT2D eigenvalue weighted by molar-refractivity contribution is 7.80. The second-order valence-corrected chi connectivity index (χ2v) is 2.88. The number of hydrogen-bond acceptors (Lipinski definition) is 4. The summed E-state index contributed by atoms with van der Waals surface area (Å²) in [6, 6.07) is 2.69. The topological polar surface area (TPSA) is 56.0 Å². The molecule has 1 heterocycles. The van der Waals surface area contributed by atoms with E-state index < -0.39 is 4.92 Å². The summed E-state index contributed by atoms with van der Waals surface area (Å²) in [4.78, 5) is 13.8. The van der Waals surface area contributed by atoms with E-state index in [1.165, 1.54) is 18.3 Å². The third-order valence-corrected chi connectivity index (χ3v) is 1.63. The summed E-state index contributed by atoms with van der Waals surface area (Å²) in [5.74, 6) is 6.20. The average molecular weight is 208 g/mol. The normalized spacial score (nSPS) is 8.93. The monoisotopic (exact) mass is 208 g/mol. The van der Waals surface area contributed by atoms with E-state index in [1.54, 1.807) is 0 Å². The number of aromatic nitrogens is 1. The lowest BCUT2D eigenvalue weighted by molar-refractivity contribution is -0.385. The van der Waals surface area contributed by atoms with Crippen LogP contribution >= 0.6 is 12.6 Å². The molecule has 0 aliphatic carbocycles. The van der Waals surface area contributed by atoms with Crippen molar-refractivity contribution < 1.29 is 4.92 Å². The molecule has 0 radical (unpaired) electrons. The molecule has 0 bridgehead atoms. The van der Waals surface area contributed by atoms with Gasteiger partial charge in [-0.2, -0.15) is 12.6 Å². The molecule has 0 saturated heterocycles. The van der Waals surface area contributed by atoms with Gasteiger partial charge in [-0.25, -0.2) is 4.98 Å². The summed E-state index contributed by atoms with van der Waals surface area (Å²) < 4.78 is 0. The molecular weight excluding hydrogens is 200 g/mol. The first-order valence-electron chi connectivity index (χ1n) is 3.94. The van der Waals surface area contributed by atoms with E-state index in [2.05, 4.69) is 29.5 Å². The van der Waals surface area contributed by atoms with Crippen LogP contribution in [0.2, 0.25) is 0 Å². The molecule has 0 aliphatic heterocycles. The van der Waals surface area contributed by atoms with Crippen molar-refractivity contribution in [3.05, 3.63) is 34.1 Å². The van der Waals surface area contributed by atoms with Crippen LogP contribution in [0.4, 0.5) is 5.69 Å². The molecule has 1 aromatic rings. The largest absolute Gasteiger partial charge is 0.273 e. The summed E-state index contributed by atoms with van der Waals surface area (Å²) in [6.07, 6.45) is 2.02. The smallest absolute Gasteiger partial charge is 0.258 e. The van der Waals surface area contributed by atoms with E-state index in [-0.39, 0.29) is 5.69 Å². The van der Waals surface area contributed by atoms with Gasteiger partial charge in [0, 0.05) is 24.4 Å². The Morgan fingerprint density at radius 3 is 3.07 bits per heavy atom. The minimum Gasteiger partial charge on any atom is -0.258 e. The molecule has 0 atom stereocenters. The van der Waals surface area contributed by atoms with Crippen molar-refractivity contribution in [3.8, 4) is 11.8 Å². The van der Waals surface area contributed by atoms with Crippen molar-refractivity contribution in [2.75, 3.05) is 5.75 Å². The second kappa shape index (κ2) is 5.25. The molecule has 0 saturated carbocycles. The number of thiol groups is 1. The molecule has 0 aliphatic rings. The van der Waals surface area contributed by atoms with Crippen molar-refractivity contribution in [1.82, 2.24) is 4.98 Å². The standard InChI is InChI=1S/C9H8N2O2S/c12-11(13)9-4-5-10-8(7-9)3-1-2-6-14/h4-5,7,14H,2,6H2. The maximum Gasteiger partial charge on any atom is 0.273 e. The Balaban J connectivity index is 2.85. The van der Waals surface area contributed by atoms with Gasteiger partial charge in [0.05, 0.1) is 11.0 Å². The lowest BCUT2D eigenvalue weighted by atomic mass is 10.3. The summed E-state index contributed by atoms with van der Waals surface area (Å²) in [7, 11) is 0. The molecule has 72 valence electrons. The molecule has 0 spiro atoms. The van der Waals surface area contributed by atoms with Gasteiger partial charge in [0.15, 0.2) is 0 Å². The molecule has 0 unspecified atom stereocenters. The van der Waals surface area contributed by atoms with E-state index in [4.69, 9.17) is 0 Å². The Bertz CT molecular complexity index is 395. The summed E-state index contributed by atoms with van der Waals surface area (Å²) >= 11 is 3.99. The molecule has 0 N–H and O–H groups in total. The zero-order chi connectivity index (χ0) is 10.4. The average Bonchev–Trinajstić information content (AvgIpc) is 2.19. The second-order valence-electron chi connectivity index (χ2n) is 2.43. The van der Waals surface area contributed by atoms with E-state index in [9.17, 15) is 10.1 Å². The van der Waals surface area contributed by atoms with E-state index in [1.807, 2.05) is 0 Å². The first-order valence-corrected chi connectivity index (χ1v) is 4.57. The first-order chi connectivity index (χ1) is 6.74. The van der Waals surface area contributed by atoms with Crippen molar-refractivity contribution in [1.29, 1.82) is 0 Å². The summed E-state index contributed by atoms with van der Waals surface area (Å²) in [6.45, 7) is 0. The van der Waals surface area contributed by atoms with Crippen molar-refractivity contribution >= 4 is 18.3 Å². The minimum absolute atomic E-state index is 0.00942. The van der Waals surface area contributed by atoms with Crippen LogP contribution in [0.25, 0.3) is 0 Å². The highest BCUT2D eigenvalue weighted by Crippen LogP contribution is 2.09. The van der Waals surface area contributed by atoms with Crippen molar-refractivity contribution in [3.63, 3.8) is 0 Å². The molecule has 4 nitrogen and oxygen atoms in total. The fourth-order valence-electron chi connectivity index (χ4n) is 0.810. The number of hydrogen-bond donors (Lipinski definition) is 1. The molecular formula is C9H8N2O2S.